The van der Waals surface area contributed by atoms with Gasteiger partial charge in [0.05, 0.1) is 5.41 Å². The summed E-state index contributed by atoms with van der Waals surface area (Å²) in [4.78, 5) is 26.0. The van der Waals surface area contributed by atoms with Gasteiger partial charge in [0.15, 0.2) is 0 Å². The van der Waals surface area contributed by atoms with E-state index in [0.717, 1.165) is 5.56 Å². The molecule has 0 spiro atoms. The lowest BCUT2D eigenvalue weighted by Gasteiger charge is -2.24. The van der Waals surface area contributed by atoms with Crippen molar-refractivity contribution in [2.24, 2.45) is 11.1 Å². The molecule has 1 aromatic carbocycles. The van der Waals surface area contributed by atoms with Crippen molar-refractivity contribution in [3.05, 3.63) is 35.9 Å². The number of amides is 2. The van der Waals surface area contributed by atoms with Crippen LogP contribution < -0.4 is 11.1 Å². The molecule has 2 rings (SSSR count). The van der Waals surface area contributed by atoms with Crippen molar-refractivity contribution in [2.45, 2.75) is 19.4 Å². The highest BCUT2D eigenvalue weighted by atomic mass is 16.2. The number of nitrogens with one attached hydrogen (secondary N) is 1. The molecule has 3 N–H and O–H groups in total. The molecule has 1 heterocycles. The van der Waals surface area contributed by atoms with E-state index in [4.69, 9.17) is 5.73 Å². The maximum absolute atomic E-state index is 12.4. The van der Waals surface area contributed by atoms with Crippen LogP contribution in [-0.2, 0) is 9.59 Å². The summed E-state index contributed by atoms with van der Waals surface area (Å²) < 4.78 is 0. The Kier molecular flexibility index (Phi) is 4.09. The van der Waals surface area contributed by atoms with Gasteiger partial charge in [0.2, 0.25) is 11.8 Å². The lowest BCUT2D eigenvalue weighted by Crippen LogP contribution is -2.42. The summed E-state index contributed by atoms with van der Waals surface area (Å²) >= 11 is 0. The van der Waals surface area contributed by atoms with Gasteiger partial charge in [-0.25, -0.2) is 0 Å². The first-order valence-electron chi connectivity index (χ1n) is 6.79. The van der Waals surface area contributed by atoms with Gasteiger partial charge in [-0.1, -0.05) is 30.3 Å². The van der Waals surface area contributed by atoms with Gasteiger partial charge in [-0.15, -0.1) is 0 Å². The summed E-state index contributed by atoms with van der Waals surface area (Å²) in [6.07, 6.45) is 0.667. The third-order valence-corrected chi connectivity index (χ3v) is 3.98. The zero-order valence-electron chi connectivity index (χ0n) is 11.9. The van der Waals surface area contributed by atoms with Crippen LogP contribution in [0.5, 0.6) is 0 Å². The van der Waals surface area contributed by atoms with Gasteiger partial charge in [-0.3, -0.25) is 9.59 Å². The Morgan fingerprint density at radius 1 is 1.35 bits per heavy atom. The van der Waals surface area contributed by atoms with Crippen LogP contribution in [0.2, 0.25) is 0 Å². The molecule has 1 unspecified atom stereocenters. The van der Waals surface area contributed by atoms with Gasteiger partial charge < -0.3 is 16.0 Å². The van der Waals surface area contributed by atoms with Gasteiger partial charge in [0, 0.05) is 20.1 Å². The number of nitrogens with zero attached hydrogens (tertiary/aromatic N) is 1. The predicted molar refractivity (Wildman–Crippen MR) is 76.7 cm³/mol. The lowest BCUT2D eigenvalue weighted by molar-refractivity contribution is -0.133. The van der Waals surface area contributed by atoms with E-state index < -0.39 is 11.5 Å². The molecule has 1 aliphatic rings. The van der Waals surface area contributed by atoms with Gasteiger partial charge in [-0.2, -0.15) is 0 Å². The summed E-state index contributed by atoms with van der Waals surface area (Å²) in [5, 5.41) is 2.66. The molecule has 5 nitrogen and oxygen atoms in total. The molecule has 0 saturated carbocycles. The van der Waals surface area contributed by atoms with Gasteiger partial charge in [-0.05, 0) is 18.9 Å². The SMILES string of the molecule is CNC(=O)C1(C)CCN(C(=O)[C@H](N)c2ccccc2)C1. The molecule has 1 aliphatic heterocycles. The Labute approximate surface area is 119 Å². The standard InChI is InChI=1S/C15H21N3O2/c1-15(14(20)17-2)8-9-18(10-15)13(19)12(16)11-6-4-3-5-7-11/h3-7,12H,8-10,16H2,1-2H3,(H,17,20)/t12-,15?/m1/s1. The quantitative estimate of drug-likeness (QED) is 0.851. The van der Waals surface area contributed by atoms with E-state index >= 15 is 0 Å². The van der Waals surface area contributed by atoms with E-state index in [1.165, 1.54) is 0 Å². The molecule has 5 heteroatoms. The predicted octanol–water partition coefficient (Wildman–Crippen LogP) is 0.671. The highest BCUT2D eigenvalue weighted by Crippen LogP contribution is 2.31. The highest BCUT2D eigenvalue weighted by molar-refractivity contribution is 5.87. The lowest BCUT2D eigenvalue weighted by atomic mass is 9.89. The van der Waals surface area contributed by atoms with Gasteiger partial charge >= 0.3 is 0 Å². The highest BCUT2D eigenvalue weighted by Gasteiger charge is 2.42. The smallest absolute Gasteiger partial charge is 0.244 e. The van der Waals surface area contributed by atoms with Crippen LogP contribution in [0.15, 0.2) is 30.3 Å². The van der Waals surface area contributed by atoms with Crippen LogP contribution in [0.3, 0.4) is 0 Å². The first kappa shape index (κ1) is 14.5. The summed E-state index contributed by atoms with van der Waals surface area (Å²) in [7, 11) is 1.62. The minimum atomic E-state index is -0.664. The van der Waals surface area contributed by atoms with Gasteiger partial charge in [0.25, 0.3) is 0 Å². The fraction of sp³-hybridized carbons (Fsp3) is 0.467. The molecule has 1 fully saturated rings. The number of nitrogens with two attached hydrogens (primary N) is 1. The minimum absolute atomic E-state index is 0.0268. The monoisotopic (exact) mass is 275 g/mol. The number of carbonyl (C=O) groups is 2. The fourth-order valence-corrected chi connectivity index (χ4v) is 2.64. The van der Waals surface area contributed by atoms with Crippen molar-refractivity contribution in [3.63, 3.8) is 0 Å². The molecule has 2 atom stereocenters. The van der Waals surface area contributed by atoms with E-state index in [2.05, 4.69) is 5.32 Å². The van der Waals surface area contributed by atoms with Crippen molar-refractivity contribution >= 4 is 11.8 Å². The Bertz CT molecular complexity index is 503. The zero-order chi connectivity index (χ0) is 14.8. The van der Waals surface area contributed by atoms with Crippen LogP contribution in [-0.4, -0.2) is 36.9 Å². The molecule has 0 radical (unpaired) electrons. The normalized spacial score (nSPS) is 23.4. The minimum Gasteiger partial charge on any atom is -0.359 e. The second kappa shape index (κ2) is 5.63. The molecule has 1 saturated heterocycles. The van der Waals surface area contributed by atoms with E-state index in [1.54, 1.807) is 11.9 Å². The van der Waals surface area contributed by atoms with Crippen molar-refractivity contribution in [2.75, 3.05) is 20.1 Å². The number of hydrogen-bond donors (Lipinski definition) is 2. The molecule has 108 valence electrons. The molecular formula is C15H21N3O2. The number of hydrogen-bond acceptors (Lipinski definition) is 3. The van der Waals surface area contributed by atoms with Crippen LogP contribution in [0.25, 0.3) is 0 Å². The summed E-state index contributed by atoms with van der Waals surface area (Å²) in [6.45, 7) is 2.88. The Morgan fingerprint density at radius 3 is 2.60 bits per heavy atom. The second-order valence-electron chi connectivity index (χ2n) is 5.54. The van der Waals surface area contributed by atoms with Crippen molar-refractivity contribution in [1.82, 2.24) is 10.2 Å². The number of carbonyl (C=O) groups excluding carboxylic acids is 2. The topological polar surface area (TPSA) is 75.4 Å². The van der Waals surface area contributed by atoms with Crippen LogP contribution in [0.1, 0.15) is 24.9 Å². The Balaban J connectivity index is 2.07. The van der Waals surface area contributed by atoms with E-state index in [9.17, 15) is 9.59 Å². The molecule has 0 bridgehead atoms. The molecular weight excluding hydrogens is 254 g/mol. The van der Waals surface area contributed by atoms with E-state index in [1.807, 2.05) is 37.3 Å². The fourth-order valence-electron chi connectivity index (χ4n) is 2.64. The zero-order valence-corrected chi connectivity index (χ0v) is 11.9. The third-order valence-electron chi connectivity index (χ3n) is 3.98. The van der Waals surface area contributed by atoms with Crippen molar-refractivity contribution in [3.8, 4) is 0 Å². The number of rotatable bonds is 3. The maximum atomic E-state index is 12.4. The Morgan fingerprint density at radius 2 is 2.00 bits per heavy atom. The average molecular weight is 275 g/mol. The molecule has 2 amide bonds. The molecule has 0 aliphatic carbocycles. The van der Waals surface area contributed by atoms with Crippen molar-refractivity contribution < 1.29 is 9.59 Å². The summed E-state index contributed by atoms with van der Waals surface area (Å²) in [5.41, 5.74) is 6.31. The summed E-state index contributed by atoms with van der Waals surface area (Å²) in [5.74, 6) is -0.148. The maximum Gasteiger partial charge on any atom is 0.244 e. The summed E-state index contributed by atoms with van der Waals surface area (Å²) in [6, 6.07) is 8.64. The largest absolute Gasteiger partial charge is 0.359 e. The molecule has 1 aromatic rings. The van der Waals surface area contributed by atoms with E-state index in [-0.39, 0.29) is 11.8 Å². The van der Waals surface area contributed by atoms with E-state index in [0.29, 0.717) is 19.5 Å². The number of benzene rings is 1. The molecule has 20 heavy (non-hydrogen) atoms. The average Bonchev–Trinajstić information content (AvgIpc) is 2.89. The van der Waals surface area contributed by atoms with Crippen LogP contribution in [0, 0.1) is 5.41 Å². The third kappa shape index (κ3) is 2.67. The van der Waals surface area contributed by atoms with Crippen LogP contribution in [0.4, 0.5) is 0 Å². The van der Waals surface area contributed by atoms with Crippen molar-refractivity contribution in [1.29, 1.82) is 0 Å². The second-order valence-corrected chi connectivity index (χ2v) is 5.54. The van der Waals surface area contributed by atoms with Gasteiger partial charge in [0.1, 0.15) is 6.04 Å². The first-order chi connectivity index (χ1) is 9.48. The van der Waals surface area contributed by atoms with Crippen LogP contribution >= 0.6 is 0 Å². The number of likely N-dealkylation sites (tertiary alicyclic amines) is 1. The molecule has 0 aromatic heterocycles. The first-order valence-corrected chi connectivity index (χ1v) is 6.79. The Hall–Kier alpha value is -1.88.